The molecule has 0 saturated carbocycles. The molecule has 21 heavy (non-hydrogen) atoms. The van der Waals surface area contributed by atoms with E-state index in [1.54, 1.807) is 14.2 Å². The number of hydrogen-bond donors (Lipinski definition) is 0. The molecule has 0 amide bonds. The van der Waals surface area contributed by atoms with Crippen LogP contribution in [0.3, 0.4) is 0 Å². The van der Waals surface area contributed by atoms with Crippen molar-refractivity contribution in [1.82, 2.24) is 4.98 Å². The molecule has 0 aliphatic heterocycles. The number of nitrogens with zero attached hydrogens (tertiary/aromatic N) is 2. The van der Waals surface area contributed by atoms with E-state index < -0.39 is 0 Å². The Morgan fingerprint density at radius 1 is 1.19 bits per heavy atom. The smallest absolute Gasteiger partial charge is 0.130 e. The molecule has 110 valence electrons. The van der Waals surface area contributed by atoms with Crippen molar-refractivity contribution >= 4 is 11.3 Å². The highest BCUT2D eigenvalue weighted by Crippen LogP contribution is 2.20. The highest BCUT2D eigenvalue weighted by Gasteiger charge is 2.10. The quantitative estimate of drug-likeness (QED) is 0.787. The van der Waals surface area contributed by atoms with Gasteiger partial charge in [0.2, 0.25) is 0 Å². The molecule has 0 aliphatic carbocycles. The third-order valence-corrected chi connectivity index (χ3v) is 3.83. The molecular formula is C15H16N2O3S. The summed E-state index contributed by atoms with van der Waals surface area (Å²) in [6.07, 6.45) is 0.662. The monoisotopic (exact) mass is 304 g/mol. The largest absolute Gasteiger partial charge is 0.497 e. The number of nitriles is 1. The van der Waals surface area contributed by atoms with Crippen LogP contribution in [0.5, 0.6) is 11.5 Å². The lowest BCUT2D eigenvalue weighted by Crippen LogP contribution is -2.01. The topological polar surface area (TPSA) is 64.4 Å². The average Bonchev–Trinajstić information content (AvgIpc) is 2.90. The molecule has 0 unspecified atom stereocenters. The fourth-order valence-electron chi connectivity index (χ4n) is 1.76. The van der Waals surface area contributed by atoms with Crippen molar-refractivity contribution in [2.45, 2.75) is 13.0 Å². The number of benzene rings is 1. The van der Waals surface area contributed by atoms with E-state index in [0.717, 1.165) is 16.5 Å². The van der Waals surface area contributed by atoms with E-state index in [1.807, 2.05) is 24.3 Å². The van der Waals surface area contributed by atoms with Crippen LogP contribution in [0.4, 0.5) is 0 Å². The standard InChI is InChI=1S/C15H16N2O3S/c1-18-10-13-14(9-16)21-15(17-13)7-8-20-12-5-3-11(19-2)4-6-12/h3-6H,7-8,10H2,1-2H3. The van der Waals surface area contributed by atoms with Crippen molar-refractivity contribution < 1.29 is 14.2 Å². The van der Waals surface area contributed by atoms with Crippen LogP contribution >= 0.6 is 11.3 Å². The van der Waals surface area contributed by atoms with Gasteiger partial charge in [0.05, 0.1) is 31.0 Å². The molecule has 0 spiro atoms. The second kappa shape index (κ2) is 7.62. The predicted octanol–water partition coefficient (Wildman–Crippen LogP) is 2.79. The van der Waals surface area contributed by atoms with Crippen LogP contribution in [0.1, 0.15) is 15.6 Å². The Bertz CT molecular complexity index is 617. The summed E-state index contributed by atoms with van der Waals surface area (Å²) >= 11 is 1.39. The maximum Gasteiger partial charge on any atom is 0.130 e. The summed E-state index contributed by atoms with van der Waals surface area (Å²) < 4.78 is 15.8. The Morgan fingerprint density at radius 3 is 2.52 bits per heavy atom. The molecule has 1 aromatic heterocycles. The van der Waals surface area contributed by atoms with Crippen molar-refractivity contribution in [2.75, 3.05) is 20.8 Å². The molecule has 1 heterocycles. The molecule has 0 N–H and O–H groups in total. The number of hydrogen-bond acceptors (Lipinski definition) is 6. The van der Waals surface area contributed by atoms with Gasteiger partial charge in [-0.2, -0.15) is 5.26 Å². The van der Waals surface area contributed by atoms with Gasteiger partial charge >= 0.3 is 0 Å². The molecule has 0 fully saturated rings. The Balaban J connectivity index is 1.89. The summed E-state index contributed by atoms with van der Waals surface area (Å²) in [4.78, 5) is 5.01. The summed E-state index contributed by atoms with van der Waals surface area (Å²) in [5.74, 6) is 1.58. The molecule has 0 aliphatic rings. The minimum Gasteiger partial charge on any atom is -0.497 e. The molecule has 1 aromatic carbocycles. The van der Waals surface area contributed by atoms with E-state index in [2.05, 4.69) is 11.1 Å². The Hall–Kier alpha value is -2.10. The molecule has 0 saturated heterocycles. The zero-order valence-corrected chi connectivity index (χ0v) is 12.8. The summed E-state index contributed by atoms with van der Waals surface area (Å²) in [6, 6.07) is 9.56. The van der Waals surface area contributed by atoms with Crippen LogP contribution in [0.25, 0.3) is 0 Å². The first kappa shape index (κ1) is 15.3. The lowest BCUT2D eigenvalue weighted by atomic mass is 10.3. The SMILES string of the molecule is COCc1nc(CCOc2ccc(OC)cc2)sc1C#N. The van der Waals surface area contributed by atoms with E-state index in [0.29, 0.717) is 30.2 Å². The van der Waals surface area contributed by atoms with Crippen molar-refractivity contribution in [2.24, 2.45) is 0 Å². The van der Waals surface area contributed by atoms with Gasteiger partial charge in [-0.25, -0.2) is 4.98 Å². The minimum absolute atomic E-state index is 0.360. The third-order valence-electron chi connectivity index (χ3n) is 2.77. The molecule has 0 atom stereocenters. The van der Waals surface area contributed by atoms with Crippen LogP contribution in [0, 0.1) is 11.3 Å². The van der Waals surface area contributed by atoms with Gasteiger partial charge in [-0.05, 0) is 24.3 Å². The molecule has 0 bridgehead atoms. The van der Waals surface area contributed by atoms with Gasteiger partial charge in [0.1, 0.15) is 22.4 Å². The van der Waals surface area contributed by atoms with Gasteiger partial charge in [-0.3, -0.25) is 0 Å². The second-order valence-corrected chi connectivity index (χ2v) is 5.29. The number of aromatic nitrogens is 1. The van der Waals surface area contributed by atoms with E-state index in [-0.39, 0.29) is 0 Å². The summed E-state index contributed by atoms with van der Waals surface area (Å²) in [5, 5.41) is 9.91. The van der Waals surface area contributed by atoms with E-state index in [4.69, 9.17) is 19.5 Å². The first-order chi connectivity index (χ1) is 10.3. The first-order valence-corrected chi connectivity index (χ1v) is 7.23. The lowest BCUT2D eigenvalue weighted by molar-refractivity contribution is 0.181. The van der Waals surface area contributed by atoms with Crippen LogP contribution in [0.2, 0.25) is 0 Å². The van der Waals surface area contributed by atoms with Crippen LogP contribution < -0.4 is 9.47 Å². The first-order valence-electron chi connectivity index (χ1n) is 6.41. The van der Waals surface area contributed by atoms with Crippen LogP contribution in [-0.2, 0) is 17.8 Å². The molecule has 2 rings (SSSR count). The predicted molar refractivity (Wildman–Crippen MR) is 79.7 cm³/mol. The van der Waals surface area contributed by atoms with Gasteiger partial charge in [-0.1, -0.05) is 0 Å². The normalized spacial score (nSPS) is 10.1. The lowest BCUT2D eigenvalue weighted by Gasteiger charge is -2.05. The van der Waals surface area contributed by atoms with Crippen molar-refractivity contribution in [3.8, 4) is 17.6 Å². The average molecular weight is 304 g/mol. The molecule has 2 aromatic rings. The van der Waals surface area contributed by atoms with Gasteiger partial charge in [-0.15, -0.1) is 11.3 Å². The highest BCUT2D eigenvalue weighted by molar-refractivity contribution is 7.12. The van der Waals surface area contributed by atoms with Crippen LogP contribution in [-0.4, -0.2) is 25.8 Å². The second-order valence-electron chi connectivity index (χ2n) is 4.20. The van der Waals surface area contributed by atoms with Gasteiger partial charge in [0.15, 0.2) is 0 Å². The molecule has 0 radical (unpaired) electrons. The summed E-state index contributed by atoms with van der Waals surface area (Å²) in [7, 11) is 3.22. The highest BCUT2D eigenvalue weighted by atomic mass is 32.1. The zero-order chi connectivity index (χ0) is 15.1. The maximum atomic E-state index is 9.03. The van der Waals surface area contributed by atoms with Gasteiger partial charge in [0.25, 0.3) is 0 Å². The fraction of sp³-hybridized carbons (Fsp3) is 0.333. The number of ether oxygens (including phenoxy) is 3. The van der Waals surface area contributed by atoms with Crippen molar-refractivity contribution in [3.63, 3.8) is 0 Å². The number of methoxy groups -OCH3 is 2. The molecule has 6 heteroatoms. The van der Waals surface area contributed by atoms with Crippen molar-refractivity contribution in [1.29, 1.82) is 5.26 Å². The number of rotatable bonds is 7. The van der Waals surface area contributed by atoms with Crippen molar-refractivity contribution in [3.05, 3.63) is 39.8 Å². The maximum absolute atomic E-state index is 9.03. The summed E-state index contributed by atoms with van der Waals surface area (Å²) in [5.41, 5.74) is 0.699. The Kier molecular flexibility index (Phi) is 5.55. The third kappa shape index (κ3) is 4.18. The molecular weight excluding hydrogens is 288 g/mol. The fourth-order valence-corrected chi connectivity index (χ4v) is 2.60. The van der Waals surface area contributed by atoms with Gasteiger partial charge in [0, 0.05) is 13.5 Å². The van der Waals surface area contributed by atoms with E-state index >= 15 is 0 Å². The Morgan fingerprint density at radius 2 is 1.90 bits per heavy atom. The minimum atomic E-state index is 0.360. The van der Waals surface area contributed by atoms with E-state index in [9.17, 15) is 0 Å². The van der Waals surface area contributed by atoms with Crippen LogP contribution in [0.15, 0.2) is 24.3 Å². The zero-order valence-electron chi connectivity index (χ0n) is 12.0. The molecule has 5 nitrogen and oxygen atoms in total. The summed E-state index contributed by atoms with van der Waals surface area (Å²) in [6.45, 7) is 0.871. The van der Waals surface area contributed by atoms with Gasteiger partial charge < -0.3 is 14.2 Å². The Labute approximate surface area is 127 Å². The number of thiazole rings is 1. The van der Waals surface area contributed by atoms with E-state index in [1.165, 1.54) is 11.3 Å².